The van der Waals surface area contributed by atoms with E-state index in [1.165, 1.54) is 24.3 Å². The van der Waals surface area contributed by atoms with Crippen LogP contribution >= 0.6 is 0 Å². The predicted molar refractivity (Wildman–Crippen MR) is 168 cm³/mol. The number of carbonyl (C=O) groups excluding carboxylic acids is 3. The Labute approximate surface area is 259 Å². The summed E-state index contributed by atoms with van der Waals surface area (Å²) in [4.78, 5) is 57.1. The number of amides is 1. The Morgan fingerprint density at radius 3 is 2.47 bits per heavy atom. The number of benzene rings is 4. The Bertz CT molecular complexity index is 1900. The summed E-state index contributed by atoms with van der Waals surface area (Å²) < 4.78 is 5.73. The van der Waals surface area contributed by atoms with Gasteiger partial charge in [-0.2, -0.15) is 0 Å². The van der Waals surface area contributed by atoms with E-state index in [1.807, 2.05) is 60.4 Å². The summed E-state index contributed by atoms with van der Waals surface area (Å²) in [7, 11) is 0. The molecule has 0 aliphatic carbocycles. The molecule has 3 aliphatic rings. The van der Waals surface area contributed by atoms with E-state index in [1.54, 1.807) is 36.5 Å². The molecule has 1 amide bonds. The van der Waals surface area contributed by atoms with E-state index in [2.05, 4.69) is 5.32 Å². The van der Waals surface area contributed by atoms with Gasteiger partial charge in [0.15, 0.2) is 11.6 Å². The molecule has 7 rings (SSSR count). The Kier molecular flexibility index (Phi) is 6.81. The summed E-state index contributed by atoms with van der Waals surface area (Å²) in [5.74, 6) is -1.82. The first kappa shape index (κ1) is 28.2. The molecule has 1 fully saturated rings. The number of non-ortho nitro benzene ring substituents is 1. The molecule has 9 nitrogen and oxygen atoms in total. The number of para-hydroxylation sites is 1. The van der Waals surface area contributed by atoms with Crippen LogP contribution in [0.25, 0.3) is 6.08 Å². The maximum Gasteiger partial charge on any atom is 0.270 e. The molecule has 3 heterocycles. The van der Waals surface area contributed by atoms with E-state index >= 15 is 0 Å². The van der Waals surface area contributed by atoms with Crippen LogP contribution < -0.4 is 10.1 Å². The lowest BCUT2D eigenvalue weighted by Gasteiger charge is -2.38. The molecule has 1 N–H and O–H groups in total. The highest BCUT2D eigenvalue weighted by molar-refractivity contribution is 6.16. The van der Waals surface area contributed by atoms with Crippen LogP contribution in [0.15, 0.2) is 103 Å². The van der Waals surface area contributed by atoms with E-state index in [0.717, 1.165) is 17.5 Å². The number of rotatable bonds is 8. The van der Waals surface area contributed by atoms with Gasteiger partial charge in [0, 0.05) is 35.1 Å². The molecular weight excluding hydrogens is 570 g/mol. The molecule has 45 heavy (non-hydrogen) atoms. The van der Waals surface area contributed by atoms with Crippen LogP contribution in [-0.4, -0.2) is 39.9 Å². The first-order valence-electron chi connectivity index (χ1n) is 14.9. The Morgan fingerprint density at radius 1 is 0.933 bits per heavy atom. The molecule has 1 spiro atoms. The quantitative estimate of drug-likeness (QED) is 0.142. The van der Waals surface area contributed by atoms with Crippen LogP contribution in [0, 0.1) is 16.0 Å². The van der Waals surface area contributed by atoms with Crippen molar-refractivity contribution in [3.05, 3.63) is 141 Å². The van der Waals surface area contributed by atoms with Gasteiger partial charge in [-0.1, -0.05) is 61.5 Å². The summed E-state index contributed by atoms with van der Waals surface area (Å²) in [6.07, 6.45) is 4.48. The number of nitrogens with one attached hydrogen (secondary N) is 1. The lowest BCUT2D eigenvalue weighted by Crippen LogP contribution is -2.49. The zero-order valence-corrected chi connectivity index (χ0v) is 24.4. The third-order valence-electron chi connectivity index (χ3n) is 9.07. The smallest absolute Gasteiger partial charge is 0.270 e. The van der Waals surface area contributed by atoms with Gasteiger partial charge in [0.1, 0.15) is 17.2 Å². The first-order chi connectivity index (χ1) is 21.9. The second-order valence-corrected chi connectivity index (χ2v) is 11.5. The minimum Gasteiger partial charge on any atom is -0.494 e. The van der Waals surface area contributed by atoms with Gasteiger partial charge in [-0.05, 0) is 59.5 Å². The minimum absolute atomic E-state index is 0.0880. The molecule has 4 atom stereocenters. The van der Waals surface area contributed by atoms with Crippen molar-refractivity contribution in [1.82, 2.24) is 4.90 Å². The average Bonchev–Trinajstić information content (AvgIpc) is 3.55. The lowest BCUT2D eigenvalue weighted by atomic mass is 9.62. The van der Waals surface area contributed by atoms with E-state index in [0.29, 0.717) is 29.2 Å². The van der Waals surface area contributed by atoms with Gasteiger partial charge in [-0.25, -0.2) is 0 Å². The molecule has 0 aromatic heterocycles. The van der Waals surface area contributed by atoms with Crippen molar-refractivity contribution in [2.45, 2.75) is 30.8 Å². The number of ketones is 2. The van der Waals surface area contributed by atoms with Crippen molar-refractivity contribution in [3.8, 4) is 5.75 Å². The molecule has 1 saturated heterocycles. The maximum absolute atomic E-state index is 14.9. The van der Waals surface area contributed by atoms with Crippen LogP contribution in [0.4, 0.5) is 11.4 Å². The van der Waals surface area contributed by atoms with E-state index in [-0.39, 0.29) is 22.9 Å². The van der Waals surface area contributed by atoms with Gasteiger partial charge in [0.2, 0.25) is 5.91 Å². The summed E-state index contributed by atoms with van der Waals surface area (Å²) in [5.41, 5.74) is 1.58. The van der Waals surface area contributed by atoms with Crippen LogP contribution in [0.5, 0.6) is 5.75 Å². The highest BCUT2D eigenvalue weighted by Gasteiger charge is 2.70. The van der Waals surface area contributed by atoms with E-state index < -0.39 is 34.1 Å². The number of nitrogens with zero attached hydrogens (tertiary/aromatic N) is 2. The highest BCUT2D eigenvalue weighted by atomic mass is 16.6. The third-order valence-corrected chi connectivity index (χ3v) is 9.07. The summed E-state index contributed by atoms with van der Waals surface area (Å²) in [6.45, 7) is 2.53. The Balaban J connectivity index is 1.47. The number of carbonyl (C=O) groups is 3. The van der Waals surface area contributed by atoms with Crippen molar-refractivity contribution < 1.29 is 24.0 Å². The monoisotopic (exact) mass is 599 g/mol. The zero-order valence-electron chi connectivity index (χ0n) is 24.4. The number of Topliss-reactive ketones (excluding diaryl/α,β-unsaturated/α-hetero) is 2. The molecule has 0 saturated carbocycles. The van der Waals surface area contributed by atoms with Gasteiger partial charge >= 0.3 is 0 Å². The Morgan fingerprint density at radius 2 is 1.69 bits per heavy atom. The van der Waals surface area contributed by atoms with Crippen molar-refractivity contribution in [1.29, 1.82) is 0 Å². The molecule has 224 valence electrons. The van der Waals surface area contributed by atoms with Crippen molar-refractivity contribution in [2.24, 2.45) is 5.92 Å². The average molecular weight is 600 g/mol. The molecule has 3 aliphatic heterocycles. The summed E-state index contributed by atoms with van der Waals surface area (Å²) in [6, 6.07) is 25.3. The molecular formula is C36H29N3O6. The zero-order chi connectivity index (χ0) is 31.3. The first-order valence-corrected chi connectivity index (χ1v) is 14.9. The number of hydrogen-bond donors (Lipinski definition) is 1. The fraction of sp³-hybridized carbons (Fsp3) is 0.194. The largest absolute Gasteiger partial charge is 0.494 e. The fourth-order valence-corrected chi connectivity index (χ4v) is 7.23. The molecule has 0 bridgehead atoms. The molecule has 4 aromatic rings. The van der Waals surface area contributed by atoms with Gasteiger partial charge in [-0.15, -0.1) is 0 Å². The van der Waals surface area contributed by atoms with Crippen LogP contribution in [0.1, 0.15) is 56.8 Å². The summed E-state index contributed by atoms with van der Waals surface area (Å²) in [5, 5.41) is 14.7. The Hall–Kier alpha value is -5.57. The normalized spacial score (nSPS) is 22.4. The van der Waals surface area contributed by atoms with Gasteiger partial charge in [0.05, 0.1) is 23.5 Å². The number of fused-ring (bicyclic) bond motifs is 6. The van der Waals surface area contributed by atoms with E-state index in [9.17, 15) is 24.5 Å². The third kappa shape index (κ3) is 4.26. The van der Waals surface area contributed by atoms with Crippen LogP contribution in [0.2, 0.25) is 0 Å². The maximum atomic E-state index is 14.9. The van der Waals surface area contributed by atoms with Gasteiger partial charge in [0.25, 0.3) is 5.69 Å². The SMILES string of the molecule is CCCOc1ccc(C(=O)[C@H]2[C@@H](C(=O)c3cccc([N+](=O)[O-])c3)N3C=Cc4ccccc4[C@@H]3[C@]23C(=O)Nc2ccccc23)cc1. The van der Waals surface area contributed by atoms with Crippen molar-refractivity contribution in [3.63, 3.8) is 0 Å². The topological polar surface area (TPSA) is 119 Å². The number of nitro benzene ring substituents is 1. The molecule has 0 radical (unpaired) electrons. The number of ether oxygens (including phenoxy) is 1. The van der Waals surface area contributed by atoms with E-state index in [4.69, 9.17) is 4.74 Å². The standard InChI is InChI=1S/C36H29N3O6/c1-2-20-45-26-16-14-23(15-17-26)32(40)30-31(33(41)24-9-7-10-25(21-24)39(43)44)38-19-18-22-8-3-4-11-27(22)34(38)36(30)28-12-5-6-13-29(28)37-35(36)42/h3-19,21,30-31,34H,2,20H2,1H3,(H,37,42)/t30-,31+,34-,36-/m1/s1. The minimum atomic E-state index is -1.49. The van der Waals surface area contributed by atoms with Crippen LogP contribution in [0.3, 0.4) is 0 Å². The van der Waals surface area contributed by atoms with Crippen molar-refractivity contribution in [2.75, 3.05) is 11.9 Å². The number of nitro groups is 1. The van der Waals surface area contributed by atoms with Gasteiger partial charge in [-0.3, -0.25) is 24.5 Å². The summed E-state index contributed by atoms with van der Waals surface area (Å²) >= 11 is 0. The van der Waals surface area contributed by atoms with Gasteiger partial charge < -0.3 is 15.0 Å². The molecule has 9 heteroatoms. The van der Waals surface area contributed by atoms with Crippen LogP contribution in [-0.2, 0) is 10.2 Å². The number of anilines is 1. The van der Waals surface area contributed by atoms with Crippen molar-refractivity contribution >= 4 is 34.9 Å². The fourth-order valence-electron chi connectivity index (χ4n) is 7.23. The second kappa shape index (κ2) is 10.9. The highest BCUT2D eigenvalue weighted by Crippen LogP contribution is 2.62. The lowest BCUT2D eigenvalue weighted by molar-refractivity contribution is -0.384. The molecule has 0 unspecified atom stereocenters. The molecule has 4 aromatic carbocycles. The number of hydrogen-bond acceptors (Lipinski definition) is 7. The predicted octanol–water partition coefficient (Wildman–Crippen LogP) is 6.37. The second-order valence-electron chi connectivity index (χ2n) is 11.5.